The zero-order valence-corrected chi connectivity index (χ0v) is 12.0. The quantitative estimate of drug-likeness (QED) is 0.840. The number of benzene rings is 1. The molecule has 1 aromatic heterocycles. The van der Waals surface area contributed by atoms with Gasteiger partial charge in [0, 0.05) is 24.8 Å². The third-order valence-electron chi connectivity index (χ3n) is 3.09. The second-order valence-corrected chi connectivity index (χ2v) is 4.52. The average Bonchev–Trinajstić information content (AvgIpc) is 2.99. The highest BCUT2D eigenvalue weighted by Crippen LogP contribution is 2.06. The predicted octanol–water partition coefficient (Wildman–Crippen LogP) is 1.78. The number of rotatable bonds is 4. The predicted molar refractivity (Wildman–Crippen MR) is 81.7 cm³/mol. The Kier molecular flexibility index (Phi) is 5.19. The smallest absolute Gasteiger partial charge is 0.268 e. The molecule has 0 spiro atoms. The number of nitrogens with zero attached hydrogens (tertiary/aromatic N) is 1. The first-order chi connectivity index (χ1) is 10.2. The maximum absolute atomic E-state index is 12.1. The molecule has 21 heavy (non-hydrogen) atoms. The number of hydrogen-bond donors (Lipinski definition) is 2. The lowest BCUT2D eigenvalue weighted by molar-refractivity contribution is 0.0941. The summed E-state index contributed by atoms with van der Waals surface area (Å²) in [5.74, 6) is 5.37. The van der Waals surface area contributed by atoms with Crippen LogP contribution < -0.4 is 5.32 Å². The highest BCUT2D eigenvalue weighted by atomic mass is 16.2. The molecule has 2 aromatic rings. The van der Waals surface area contributed by atoms with Crippen molar-refractivity contribution in [3.63, 3.8) is 0 Å². The minimum atomic E-state index is -0.158. The molecule has 0 aliphatic heterocycles. The molecule has 0 atom stereocenters. The summed E-state index contributed by atoms with van der Waals surface area (Å²) in [5, 5.41) is 11.6. The molecule has 0 unspecified atom stereocenters. The normalized spacial score (nSPS) is 9.81. The third-order valence-corrected chi connectivity index (χ3v) is 3.09. The van der Waals surface area contributed by atoms with Crippen LogP contribution in [-0.4, -0.2) is 22.2 Å². The first kappa shape index (κ1) is 14.9. The van der Waals surface area contributed by atoms with Gasteiger partial charge < -0.3 is 15.0 Å². The summed E-state index contributed by atoms with van der Waals surface area (Å²) in [6.45, 7) is 3.05. The van der Waals surface area contributed by atoms with E-state index >= 15 is 0 Å². The maximum atomic E-state index is 12.1. The molecule has 4 heteroatoms. The number of carbonyl (C=O) groups excluding carboxylic acids is 1. The molecule has 1 heterocycles. The molecule has 0 saturated carbocycles. The number of hydrogen-bond acceptors (Lipinski definition) is 2. The van der Waals surface area contributed by atoms with Crippen molar-refractivity contribution in [1.82, 2.24) is 9.88 Å². The Morgan fingerprint density at radius 2 is 2.19 bits per heavy atom. The van der Waals surface area contributed by atoms with E-state index in [1.54, 1.807) is 0 Å². The number of aryl methyl sites for hydroxylation is 1. The van der Waals surface area contributed by atoms with Gasteiger partial charge in [0.15, 0.2) is 0 Å². The zero-order valence-electron chi connectivity index (χ0n) is 12.0. The van der Waals surface area contributed by atoms with E-state index in [1.165, 1.54) is 0 Å². The molecule has 0 bridgehead atoms. The van der Waals surface area contributed by atoms with Crippen LogP contribution in [0, 0.1) is 11.8 Å². The highest BCUT2D eigenvalue weighted by Gasteiger charge is 2.09. The first-order valence-corrected chi connectivity index (χ1v) is 6.86. The molecule has 1 amide bonds. The molecule has 2 rings (SSSR count). The Morgan fingerprint density at radius 3 is 2.95 bits per heavy atom. The van der Waals surface area contributed by atoms with Crippen molar-refractivity contribution in [1.29, 1.82) is 0 Å². The summed E-state index contributed by atoms with van der Waals surface area (Å²) in [6, 6.07) is 11.3. The standard InChI is InChI=1S/C17H18N2O2/c1-2-19-10-4-9-16(19)17(21)18-13-15-7-3-6-14(12-15)8-5-11-20/h3-4,6-7,9-10,12,20H,2,11,13H2,1H3,(H,18,21). The zero-order chi connectivity index (χ0) is 15.1. The number of amides is 1. The second kappa shape index (κ2) is 7.32. The number of aliphatic hydroxyl groups is 1. The van der Waals surface area contributed by atoms with Crippen LogP contribution in [0.1, 0.15) is 28.5 Å². The van der Waals surface area contributed by atoms with Crippen LogP contribution in [0.5, 0.6) is 0 Å². The van der Waals surface area contributed by atoms with Crippen molar-refractivity contribution in [3.8, 4) is 11.8 Å². The molecule has 0 aliphatic carbocycles. The fraction of sp³-hybridized carbons (Fsp3) is 0.235. The summed E-state index contributed by atoms with van der Waals surface area (Å²) >= 11 is 0. The minimum absolute atomic E-state index is 0.0892. The van der Waals surface area contributed by atoms with E-state index in [4.69, 9.17) is 5.11 Å². The van der Waals surface area contributed by atoms with Gasteiger partial charge in [-0.3, -0.25) is 4.79 Å². The molecule has 2 N–H and O–H groups in total. The molecule has 108 valence electrons. The Hall–Kier alpha value is -2.51. The van der Waals surface area contributed by atoms with Crippen molar-refractivity contribution in [3.05, 3.63) is 59.4 Å². The number of nitrogens with one attached hydrogen (secondary N) is 1. The summed E-state index contributed by atoms with van der Waals surface area (Å²) in [6.07, 6.45) is 1.89. The van der Waals surface area contributed by atoms with Crippen molar-refractivity contribution in [2.45, 2.75) is 20.0 Å². The largest absolute Gasteiger partial charge is 0.384 e. The summed E-state index contributed by atoms with van der Waals surface area (Å²) in [4.78, 5) is 12.1. The van der Waals surface area contributed by atoms with Gasteiger partial charge in [0.25, 0.3) is 5.91 Å². The van der Waals surface area contributed by atoms with Crippen LogP contribution >= 0.6 is 0 Å². The summed E-state index contributed by atoms with van der Waals surface area (Å²) in [5.41, 5.74) is 2.46. The molecule has 0 saturated heterocycles. The van der Waals surface area contributed by atoms with E-state index in [2.05, 4.69) is 17.2 Å². The van der Waals surface area contributed by atoms with Crippen molar-refractivity contribution >= 4 is 5.91 Å². The van der Waals surface area contributed by atoms with Crippen LogP contribution in [0.15, 0.2) is 42.6 Å². The van der Waals surface area contributed by atoms with Gasteiger partial charge >= 0.3 is 0 Å². The Morgan fingerprint density at radius 1 is 1.33 bits per heavy atom. The third kappa shape index (κ3) is 3.98. The first-order valence-electron chi connectivity index (χ1n) is 6.86. The average molecular weight is 282 g/mol. The van der Waals surface area contributed by atoms with Crippen LogP contribution in [0.4, 0.5) is 0 Å². The number of aromatic nitrogens is 1. The van der Waals surface area contributed by atoms with E-state index in [0.29, 0.717) is 12.2 Å². The van der Waals surface area contributed by atoms with Crippen LogP contribution in [0.3, 0.4) is 0 Å². The van der Waals surface area contributed by atoms with Crippen molar-refractivity contribution in [2.75, 3.05) is 6.61 Å². The molecule has 0 aliphatic rings. The van der Waals surface area contributed by atoms with E-state index < -0.39 is 0 Å². The van der Waals surface area contributed by atoms with Gasteiger partial charge in [0.2, 0.25) is 0 Å². The maximum Gasteiger partial charge on any atom is 0.268 e. The monoisotopic (exact) mass is 282 g/mol. The molecular weight excluding hydrogens is 264 g/mol. The molecular formula is C17H18N2O2. The van der Waals surface area contributed by atoms with E-state index in [0.717, 1.165) is 17.7 Å². The second-order valence-electron chi connectivity index (χ2n) is 4.52. The van der Waals surface area contributed by atoms with Crippen LogP contribution in [-0.2, 0) is 13.1 Å². The van der Waals surface area contributed by atoms with E-state index in [1.807, 2.05) is 54.1 Å². The lowest BCUT2D eigenvalue weighted by Gasteiger charge is -2.08. The Labute approximate surface area is 124 Å². The number of aliphatic hydroxyl groups excluding tert-OH is 1. The Bertz CT molecular complexity index is 677. The topological polar surface area (TPSA) is 54.3 Å². The Balaban J connectivity index is 2.01. The van der Waals surface area contributed by atoms with Gasteiger partial charge in [-0.15, -0.1) is 0 Å². The summed E-state index contributed by atoms with van der Waals surface area (Å²) < 4.78 is 1.90. The van der Waals surface area contributed by atoms with Gasteiger partial charge in [-0.1, -0.05) is 24.0 Å². The lowest BCUT2D eigenvalue weighted by atomic mass is 10.1. The lowest BCUT2D eigenvalue weighted by Crippen LogP contribution is -2.25. The molecule has 4 nitrogen and oxygen atoms in total. The van der Waals surface area contributed by atoms with Gasteiger partial charge in [0.05, 0.1) is 0 Å². The minimum Gasteiger partial charge on any atom is -0.384 e. The van der Waals surface area contributed by atoms with E-state index in [9.17, 15) is 4.79 Å². The van der Waals surface area contributed by atoms with Gasteiger partial charge in [-0.05, 0) is 36.8 Å². The molecule has 0 fully saturated rings. The summed E-state index contributed by atoms with van der Waals surface area (Å²) in [7, 11) is 0. The highest BCUT2D eigenvalue weighted by molar-refractivity contribution is 5.92. The molecule has 0 radical (unpaired) electrons. The van der Waals surface area contributed by atoms with Crippen LogP contribution in [0.2, 0.25) is 0 Å². The van der Waals surface area contributed by atoms with Crippen molar-refractivity contribution in [2.24, 2.45) is 0 Å². The van der Waals surface area contributed by atoms with Gasteiger partial charge in [-0.25, -0.2) is 0 Å². The molecule has 1 aromatic carbocycles. The van der Waals surface area contributed by atoms with Crippen LogP contribution in [0.25, 0.3) is 0 Å². The van der Waals surface area contributed by atoms with E-state index in [-0.39, 0.29) is 12.5 Å². The van der Waals surface area contributed by atoms with Gasteiger partial charge in [-0.2, -0.15) is 0 Å². The van der Waals surface area contributed by atoms with Gasteiger partial charge in [0.1, 0.15) is 12.3 Å². The SMILES string of the molecule is CCn1cccc1C(=O)NCc1cccc(C#CCO)c1. The van der Waals surface area contributed by atoms with Crippen molar-refractivity contribution < 1.29 is 9.90 Å². The fourth-order valence-corrected chi connectivity index (χ4v) is 2.07. The number of carbonyl (C=O) groups is 1. The fourth-order valence-electron chi connectivity index (χ4n) is 2.07.